The minimum absolute atomic E-state index is 0.190. The Morgan fingerprint density at radius 1 is 1.22 bits per heavy atom. The van der Waals surface area contributed by atoms with E-state index in [9.17, 15) is 9.59 Å². The van der Waals surface area contributed by atoms with E-state index in [0.29, 0.717) is 10.7 Å². The van der Waals surface area contributed by atoms with Gasteiger partial charge in [-0.15, -0.1) is 0 Å². The molecule has 1 aliphatic rings. The number of rotatable bonds is 5. The molecule has 3 aromatic rings. The van der Waals surface area contributed by atoms with Gasteiger partial charge in [-0.1, -0.05) is 35.9 Å². The summed E-state index contributed by atoms with van der Waals surface area (Å²) < 4.78 is 0. The van der Waals surface area contributed by atoms with Gasteiger partial charge >= 0.3 is 0 Å². The van der Waals surface area contributed by atoms with Crippen molar-refractivity contribution >= 4 is 40.0 Å². The molecule has 0 bridgehead atoms. The zero-order valence-electron chi connectivity index (χ0n) is 15.0. The molecule has 4 rings (SSSR count). The second-order valence-corrected chi connectivity index (χ2v) is 7.37. The molecule has 1 aromatic heterocycles. The van der Waals surface area contributed by atoms with E-state index in [0.717, 1.165) is 24.0 Å². The molecule has 1 atom stereocenters. The summed E-state index contributed by atoms with van der Waals surface area (Å²) in [4.78, 5) is 29.7. The van der Waals surface area contributed by atoms with Gasteiger partial charge in [-0.05, 0) is 36.2 Å². The molecule has 0 saturated carbocycles. The van der Waals surface area contributed by atoms with Crippen molar-refractivity contribution in [2.45, 2.75) is 25.8 Å². The molecule has 27 heavy (non-hydrogen) atoms. The lowest BCUT2D eigenvalue weighted by Crippen LogP contribution is -2.92. The number of aromatic nitrogens is 1. The average Bonchev–Trinajstić information content (AvgIpc) is 3.17. The van der Waals surface area contributed by atoms with Crippen LogP contribution in [0.5, 0.6) is 0 Å². The van der Waals surface area contributed by atoms with Crippen LogP contribution in [0.1, 0.15) is 17.5 Å². The fraction of sp³-hybridized carbons (Fsp3) is 0.238. The van der Waals surface area contributed by atoms with E-state index in [1.807, 2.05) is 42.7 Å². The molecule has 138 valence electrons. The van der Waals surface area contributed by atoms with Crippen molar-refractivity contribution < 1.29 is 14.9 Å². The predicted octanol–water partition coefficient (Wildman–Crippen LogP) is 2.57. The highest BCUT2D eigenvalue weighted by Gasteiger charge is 2.42. The van der Waals surface area contributed by atoms with Crippen molar-refractivity contribution in [3.63, 3.8) is 0 Å². The maximum Gasteiger partial charge on any atom is 0.292 e. The number of hydrogen-bond acceptors (Lipinski definition) is 2. The third-order valence-electron chi connectivity index (χ3n) is 5.07. The minimum atomic E-state index is -0.389. The number of benzene rings is 2. The van der Waals surface area contributed by atoms with Crippen LogP contribution in [-0.4, -0.2) is 29.4 Å². The monoisotopic (exact) mass is 382 g/mol. The number of hydrogen-bond donors (Lipinski definition) is 2. The number of amides is 2. The summed E-state index contributed by atoms with van der Waals surface area (Å²) in [7, 11) is 0. The van der Waals surface area contributed by atoms with Crippen LogP contribution in [0, 0.1) is 6.92 Å². The number of H-pyrrole nitrogens is 1. The number of imide groups is 1. The summed E-state index contributed by atoms with van der Waals surface area (Å²) in [6.45, 7) is 2.66. The smallest absolute Gasteiger partial charge is 0.292 e. The number of quaternary nitrogens is 1. The van der Waals surface area contributed by atoms with Crippen LogP contribution in [0.25, 0.3) is 10.9 Å². The van der Waals surface area contributed by atoms with E-state index in [2.05, 4.69) is 11.1 Å². The molecule has 1 aliphatic heterocycles. The first-order valence-electron chi connectivity index (χ1n) is 9.06. The number of carbonyl (C=O) groups excluding carboxylic acids is 2. The summed E-state index contributed by atoms with van der Waals surface area (Å²) in [5.74, 6) is -0.385. The number of aromatic amines is 1. The molecule has 1 saturated heterocycles. The number of nitrogens with two attached hydrogens (primary N) is 1. The lowest BCUT2D eigenvalue weighted by atomic mass is 10.1. The maximum absolute atomic E-state index is 12.8. The standard InChI is InChI=1S/C21H20ClN3O2/c1-13-6-7-19(16(22)10-13)25-20(26)11-18(21(25)27)23-9-8-14-12-24-17-5-3-2-4-15(14)17/h2-7,10,12,18,23-24H,8-9,11H2,1H3/p+1/t18-/m0/s1. The van der Waals surface area contributed by atoms with Gasteiger partial charge in [0.1, 0.15) is 0 Å². The molecule has 5 nitrogen and oxygen atoms in total. The van der Waals surface area contributed by atoms with Gasteiger partial charge in [0.05, 0.1) is 23.7 Å². The van der Waals surface area contributed by atoms with Gasteiger partial charge < -0.3 is 10.3 Å². The van der Waals surface area contributed by atoms with E-state index >= 15 is 0 Å². The fourth-order valence-corrected chi connectivity index (χ4v) is 3.98. The molecular formula is C21H21ClN3O2+. The second-order valence-electron chi connectivity index (χ2n) is 6.97. The van der Waals surface area contributed by atoms with Gasteiger partial charge in [0.15, 0.2) is 6.04 Å². The molecule has 3 N–H and O–H groups in total. The van der Waals surface area contributed by atoms with E-state index < -0.39 is 0 Å². The van der Waals surface area contributed by atoms with Gasteiger partial charge in [-0.3, -0.25) is 9.59 Å². The summed E-state index contributed by atoms with van der Waals surface area (Å²) in [5, 5.41) is 3.59. The Morgan fingerprint density at radius 2 is 2.04 bits per heavy atom. The Hall–Kier alpha value is -2.63. The van der Waals surface area contributed by atoms with Crippen LogP contribution < -0.4 is 10.2 Å². The van der Waals surface area contributed by atoms with Crippen LogP contribution in [0.4, 0.5) is 5.69 Å². The first-order valence-corrected chi connectivity index (χ1v) is 9.43. The average molecular weight is 383 g/mol. The first kappa shape index (κ1) is 17.8. The third kappa shape index (κ3) is 3.36. The van der Waals surface area contributed by atoms with Crippen LogP contribution in [0.2, 0.25) is 5.02 Å². The Kier molecular flexibility index (Phi) is 4.72. The van der Waals surface area contributed by atoms with E-state index in [4.69, 9.17) is 11.6 Å². The molecule has 2 amide bonds. The van der Waals surface area contributed by atoms with Crippen LogP contribution in [-0.2, 0) is 16.0 Å². The van der Waals surface area contributed by atoms with Crippen molar-refractivity contribution in [2.24, 2.45) is 0 Å². The van der Waals surface area contributed by atoms with Gasteiger partial charge in [-0.25, -0.2) is 4.90 Å². The van der Waals surface area contributed by atoms with Gasteiger partial charge in [0.25, 0.3) is 5.91 Å². The van der Waals surface area contributed by atoms with E-state index in [1.54, 1.807) is 12.1 Å². The molecule has 2 aromatic carbocycles. The summed E-state index contributed by atoms with van der Waals surface area (Å²) >= 11 is 6.26. The number of halogens is 1. The normalized spacial score (nSPS) is 17.3. The van der Waals surface area contributed by atoms with Crippen molar-refractivity contribution in [1.82, 2.24) is 4.98 Å². The lowest BCUT2D eigenvalue weighted by Gasteiger charge is -2.16. The Bertz CT molecular complexity index is 1030. The molecule has 6 heteroatoms. The summed E-state index contributed by atoms with van der Waals surface area (Å²) in [5.41, 5.74) is 3.80. The molecule has 0 spiro atoms. The number of aryl methyl sites for hydroxylation is 1. The minimum Gasteiger partial charge on any atom is -0.361 e. The first-order chi connectivity index (χ1) is 13.0. The highest BCUT2D eigenvalue weighted by molar-refractivity contribution is 6.36. The topological polar surface area (TPSA) is 69.8 Å². The number of carbonyl (C=O) groups is 2. The molecule has 2 heterocycles. The summed E-state index contributed by atoms with van der Waals surface area (Å²) in [6.07, 6.45) is 3.04. The van der Waals surface area contributed by atoms with E-state index in [-0.39, 0.29) is 24.3 Å². The van der Waals surface area contributed by atoms with Crippen molar-refractivity contribution in [3.8, 4) is 0 Å². The number of para-hydroxylation sites is 1. The van der Waals surface area contributed by atoms with Crippen molar-refractivity contribution in [2.75, 3.05) is 11.4 Å². The van der Waals surface area contributed by atoms with E-state index in [1.165, 1.54) is 15.8 Å². The van der Waals surface area contributed by atoms with Crippen molar-refractivity contribution in [3.05, 3.63) is 64.8 Å². The van der Waals surface area contributed by atoms with Gasteiger partial charge in [0.2, 0.25) is 5.91 Å². The number of anilines is 1. The highest BCUT2D eigenvalue weighted by Crippen LogP contribution is 2.30. The third-order valence-corrected chi connectivity index (χ3v) is 5.37. The zero-order valence-corrected chi connectivity index (χ0v) is 15.8. The summed E-state index contributed by atoms with van der Waals surface area (Å²) in [6, 6.07) is 13.1. The second kappa shape index (κ2) is 7.18. The van der Waals surface area contributed by atoms with Crippen LogP contribution in [0.3, 0.4) is 0 Å². The van der Waals surface area contributed by atoms with Crippen LogP contribution >= 0.6 is 11.6 Å². The highest BCUT2D eigenvalue weighted by atomic mass is 35.5. The fourth-order valence-electron chi connectivity index (χ4n) is 3.66. The van der Waals surface area contributed by atoms with Gasteiger partial charge in [-0.2, -0.15) is 0 Å². The molecule has 0 radical (unpaired) electrons. The molecule has 1 fully saturated rings. The molecular weight excluding hydrogens is 362 g/mol. The Labute approximate surface area is 162 Å². The molecule has 0 aliphatic carbocycles. The maximum atomic E-state index is 12.8. The number of nitrogens with zero attached hydrogens (tertiary/aromatic N) is 1. The predicted molar refractivity (Wildman–Crippen MR) is 106 cm³/mol. The quantitative estimate of drug-likeness (QED) is 0.666. The molecule has 0 unspecified atom stereocenters. The SMILES string of the molecule is Cc1ccc(N2C(=O)C[C@H]([NH2+]CCc3c[nH]c4ccccc34)C2=O)c(Cl)c1. The van der Waals surface area contributed by atoms with Gasteiger partial charge in [0, 0.05) is 23.5 Å². The lowest BCUT2D eigenvalue weighted by molar-refractivity contribution is -0.674. The number of fused-ring (bicyclic) bond motifs is 1. The van der Waals surface area contributed by atoms with Crippen LogP contribution in [0.15, 0.2) is 48.7 Å². The van der Waals surface area contributed by atoms with Crippen molar-refractivity contribution in [1.29, 1.82) is 0 Å². The Balaban J connectivity index is 1.43. The zero-order chi connectivity index (χ0) is 19.0. The largest absolute Gasteiger partial charge is 0.361 e. The Morgan fingerprint density at radius 3 is 2.85 bits per heavy atom. The number of nitrogens with one attached hydrogen (secondary N) is 1.